The quantitative estimate of drug-likeness (QED) is 0.831. The molecule has 0 spiro atoms. The van der Waals surface area contributed by atoms with Crippen molar-refractivity contribution in [3.8, 4) is 11.3 Å². The van der Waals surface area contributed by atoms with Gasteiger partial charge in [-0.2, -0.15) is 0 Å². The lowest BCUT2D eigenvalue weighted by Crippen LogP contribution is -2.01. The number of nitrogens with two attached hydrogens (primary N) is 1. The molecule has 0 aliphatic rings. The predicted octanol–water partition coefficient (Wildman–Crippen LogP) is 2.27. The molecule has 0 fully saturated rings. The molecule has 2 N–H and O–H groups in total. The van der Waals surface area contributed by atoms with E-state index in [4.69, 9.17) is 10.2 Å². The Morgan fingerprint density at radius 1 is 1.40 bits per heavy atom. The van der Waals surface area contributed by atoms with E-state index in [1.165, 1.54) is 6.33 Å². The van der Waals surface area contributed by atoms with Crippen LogP contribution in [0.25, 0.3) is 11.3 Å². The zero-order chi connectivity index (χ0) is 10.7. The summed E-state index contributed by atoms with van der Waals surface area (Å²) in [5.74, 6) is 0.558. The summed E-state index contributed by atoms with van der Waals surface area (Å²) in [5, 5.41) is 0. The molecule has 4 nitrogen and oxygen atoms in total. The largest absolute Gasteiger partial charge is 0.472 e. The van der Waals surface area contributed by atoms with Gasteiger partial charge in [-0.15, -0.1) is 0 Å². The summed E-state index contributed by atoms with van der Waals surface area (Å²) < 4.78 is 5.04. The molecule has 0 aliphatic heterocycles. The first-order valence-electron chi connectivity index (χ1n) is 4.95. The molecule has 2 rings (SSSR count). The van der Waals surface area contributed by atoms with Gasteiger partial charge in [-0.3, -0.25) is 0 Å². The minimum atomic E-state index is 0.558. The molecule has 0 bridgehead atoms. The van der Waals surface area contributed by atoms with Crippen molar-refractivity contribution < 1.29 is 4.42 Å². The van der Waals surface area contributed by atoms with Crippen molar-refractivity contribution in [1.29, 1.82) is 0 Å². The number of furan rings is 1. The van der Waals surface area contributed by atoms with Crippen molar-refractivity contribution in [3.05, 3.63) is 30.5 Å². The first kappa shape index (κ1) is 9.71. The molecule has 78 valence electrons. The topological polar surface area (TPSA) is 64.9 Å². The van der Waals surface area contributed by atoms with Crippen LogP contribution in [-0.4, -0.2) is 9.97 Å². The van der Waals surface area contributed by atoms with Crippen LogP contribution in [0.15, 0.2) is 29.3 Å². The Balaban J connectivity index is 2.51. The van der Waals surface area contributed by atoms with Gasteiger partial charge in [0, 0.05) is 11.1 Å². The Kier molecular flexibility index (Phi) is 2.67. The van der Waals surface area contributed by atoms with Crippen LogP contribution in [0.3, 0.4) is 0 Å². The number of hydrogen-bond donors (Lipinski definition) is 1. The molecule has 0 saturated heterocycles. The summed E-state index contributed by atoms with van der Waals surface area (Å²) in [6.07, 6.45) is 6.68. The summed E-state index contributed by atoms with van der Waals surface area (Å²) in [7, 11) is 0. The van der Waals surface area contributed by atoms with Gasteiger partial charge >= 0.3 is 0 Å². The highest BCUT2D eigenvalue weighted by Crippen LogP contribution is 2.25. The maximum absolute atomic E-state index is 5.83. The second-order valence-electron chi connectivity index (χ2n) is 3.35. The molecule has 0 amide bonds. The Labute approximate surface area is 88.2 Å². The minimum Gasteiger partial charge on any atom is -0.472 e. The van der Waals surface area contributed by atoms with Crippen LogP contribution < -0.4 is 5.73 Å². The molecular formula is C11H13N3O. The monoisotopic (exact) mass is 203 g/mol. The first-order chi connectivity index (χ1) is 7.33. The van der Waals surface area contributed by atoms with Crippen molar-refractivity contribution in [1.82, 2.24) is 9.97 Å². The summed E-state index contributed by atoms with van der Waals surface area (Å²) in [6, 6.07) is 1.88. The highest BCUT2D eigenvalue weighted by Gasteiger charge is 2.10. The summed E-state index contributed by atoms with van der Waals surface area (Å²) in [6.45, 7) is 2.10. The molecule has 2 aromatic rings. The number of nitrogen functional groups attached to an aromatic ring is 1. The SMILES string of the molecule is CCCc1c(N)ncnc1-c1ccoc1. The second kappa shape index (κ2) is 4.13. The molecule has 0 aliphatic carbocycles. The van der Waals surface area contributed by atoms with E-state index in [1.54, 1.807) is 12.5 Å². The van der Waals surface area contributed by atoms with E-state index < -0.39 is 0 Å². The van der Waals surface area contributed by atoms with E-state index in [0.29, 0.717) is 5.82 Å². The van der Waals surface area contributed by atoms with Crippen molar-refractivity contribution in [2.45, 2.75) is 19.8 Å². The highest BCUT2D eigenvalue weighted by molar-refractivity contribution is 5.66. The zero-order valence-corrected chi connectivity index (χ0v) is 8.60. The second-order valence-corrected chi connectivity index (χ2v) is 3.35. The predicted molar refractivity (Wildman–Crippen MR) is 58.1 cm³/mol. The van der Waals surface area contributed by atoms with E-state index in [2.05, 4.69) is 16.9 Å². The van der Waals surface area contributed by atoms with Crippen molar-refractivity contribution in [3.63, 3.8) is 0 Å². The number of anilines is 1. The smallest absolute Gasteiger partial charge is 0.130 e. The number of aromatic nitrogens is 2. The van der Waals surface area contributed by atoms with E-state index in [0.717, 1.165) is 29.7 Å². The lowest BCUT2D eigenvalue weighted by Gasteiger charge is -2.07. The summed E-state index contributed by atoms with van der Waals surface area (Å²) in [4.78, 5) is 8.25. The lowest BCUT2D eigenvalue weighted by atomic mass is 10.1. The Morgan fingerprint density at radius 2 is 2.27 bits per heavy atom. The zero-order valence-electron chi connectivity index (χ0n) is 8.60. The van der Waals surface area contributed by atoms with Crippen LogP contribution >= 0.6 is 0 Å². The van der Waals surface area contributed by atoms with Gasteiger partial charge in [0.25, 0.3) is 0 Å². The Bertz CT molecular complexity index is 437. The van der Waals surface area contributed by atoms with Crippen LogP contribution in [0.4, 0.5) is 5.82 Å². The third-order valence-corrected chi connectivity index (χ3v) is 2.27. The summed E-state index contributed by atoms with van der Waals surface area (Å²) >= 11 is 0. The number of rotatable bonds is 3. The average Bonchev–Trinajstić information content (AvgIpc) is 2.74. The van der Waals surface area contributed by atoms with Crippen LogP contribution in [0, 0.1) is 0 Å². The van der Waals surface area contributed by atoms with Gasteiger partial charge < -0.3 is 10.2 Å². The van der Waals surface area contributed by atoms with E-state index in [9.17, 15) is 0 Å². The molecule has 2 aromatic heterocycles. The molecule has 4 heteroatoms. The van der Waals surface area contributed by atoms with Gasteiger partial charge in [-0.25, -0.2) is 9.97 Å². The van der Waals surface area contributed by atoms with Crippen LogP contribution in [0.5, 0.6) is 0 Å². The standard InChI is InChI=1S/C11H13N3O/c1-2-3-9-10(8-4-5-15-6-8)13-7-14-11(9)12/h4-7H,2-3H2,1H3,(H2,12,13,14). The molecular weight excluding hydrogens is 190 g/mol. The fourth-order valence-corrected chi connectivity index (χ4v) is 1.57. The Morgan fingerprint density at radius 3 is 2.93 bits per heavy atom. The van der Waals surface area contributed by atoms with Gasteiger partial charge in [0.1, 0.15) is 12.1 Å². The number of nitrogens with zero attached hydrogens (tertiary/aromatic N) is 2. The molecule has 0 atom stereocenters. The van der Waals surface area contributed by atoms with Crippen LogP contribution in [-0.2, 0) is 6.42 Å². The molecule has 0 aromatic carbocycles. The summed E-state index contributed by atoms with van der Waals surface area (Å²) in [5.41, 5.74) is 8.66. The van der Waals surface area contributed by atoms with Gasteiger partial charge in [0.2, 0.25) is 0 Å². The average molecular weight is 203 g/mol. The Hall–Kier alpha value is -1.84. The van der Waals surface area contributed by atoms with Gasteiger partial charge in [-0.1, -0.05) is 13.3 Å². The third kappa shape index (κ3) is 1.83. The number of hydrogen-bond acceptors (Lipinski definition) is 4. The van der Waals surface area contributed by atoms with Gasteiger partial charge in [-0.05, 0) is 12.5 Å². The normalized spacial score (nSPS) is 10.5. The maximum atomic E-state index is 5.83. The fraction of sp³-hybridized carbons (Fsp3) is 0.273. The fourth-order valence-electron chi connectivity index (χ4n) is 1.57. The van der Waals surface area contributed by atoms with Crippen molar-refractivity contribution in [2.75, 3.05) is 5.73 Å². The third-order valence-electron chi connectivity index (χ3n) is 2.27. The minimum absolute atomic E-state index is 0.558. The van der Waals surface area contributed by atoms with E-state index >= 15 is 0 Å². The van der Waals surface area contributed by atoms with E-state index in [-0.39, 0.29) is 0 Å². The van der Waals surface area contributed by atoms with Crippen LogP contribution in [0.2, 0.25) is 0 Å². The van der Waals surface area contributed by atoms with Gasteiger partial charge in [0.05, 0.1) is 18.2 Å². The first-order valence-corrected chi connectivity index (χ1v) is 4.95. The molecule has 2 heterocycles. The van der Waals surface area contributed by atoms with Crippen LogP contribution in [0.1, 0.15) is 18.9 Å². The van der Waals surface area contributed by atoms with E-state index in [1.807, 2.05) is 6.07 Å². The molecule has 0 radical (unpaired) electrons. The molecule has 0 saturated carbocycles. The van der Waals surface area contributed by atoms with Crippen molar-refractivity contribution >= 4 is 5.82 Å². The van der Waals surface area contributed by atoms with Crippen molar-refractivity contribution in [2.24, 2.45) is 0 Å². The lowest BCUT2D eigenvalue weighted by molar-refractivity contribution is 0.568. The molecule has 0 unspecified atom stereocenters. The highest BCUT2D eigenvalue weighted by atomic mass is 16.3. The maximum Gasteiger partial charge on any atom is 0.130 e. The van der Waals surface area contributed by atoms with Gasteiger partial charge in [0.15, 0.2) is 0 Å². The molecule has 15 heavy (non-hydrogen) atoms.